The van der Waals surface area contributed by atoms with Gasteiger partial charge in [-0.2, -0.15) is 10.1 Å². The van der Waals surface area contributed by atoms with E-state index in [1.807, 2.05) is 19.3 Å². The minimum Gasteiger partial charge on any atom is -0.452 e. The number of aromatic nitrogens is 4. The summed E-state index contributed by atoms with van der Waals surface area (Å²) in [6, 6.07) is 3.66. The molecule has 1 aromatic carbocycles. The summed E-state index contributed by atoms with van der Waals surface area (Å²) in [6.07, 6.45) is 6.06. The minimum absolute atomic E-state index is 0.00981. The zero-order chi connectivity index (χ0) is 21.0. The van der Waals surface area contributed by atoms with E-state index in [0.29, 0.717) is 28.5 Å². The molecular weight excluding hydrogens is 472 g/mol. The summed E-state index contributed by atoms with van der Waals surface area (Å²) in [6.45, 7) is 2.72. The zero-order valence-electron chi connectivity index (χ0n) is 16.6. The first-order chi connectivity index (χ1) is 14.5. The van der Waals surface area contributed by atoms with Crippen LogP contribution in [0.2, 0.25) is 5.02 Å². The van der Waals surface area contributed by atoms with Gasteiger partial charge in [-0.05, 0) is 41.3 Å². The van der Waals surface area contributed by atoms with E-state index in [9.17, 15) is 4.79 Å². The maximum atomic E-state index is 13.3. The van der Waals surface area contributed by atoms with E-state index in [-0.39, 0.29) is 17.8 Å². The number of halogens is 2. The first kappa shape index (κ1) is 19.8. The fourth-order valence-electron chi connectivity index (χ4n) is 4.23. The van der Waals surface area contributed by atoms with Crippen molar-refractivity contribution in [3.63, 3.8) is 0 Å². The smallest absolute Gasteiger partial charge is 0.349 e. The highest BCUT2D eigenvalue weighted by Crippen LogP contribution is 2.39. The molecule has 1 saturated heterocycles. The Morgan fingerprint density at radius 3 is 2.93 bits per heavy atom. The Morgan fingerprint density at radius 2 is 2.20 bits per heavy atom. The lowest BCUT2D eigenvalue weighted by Crippen LogP contribution is -2.34. The van der Waals surface area contributed by atoms with Crippen LogP contribution in [0.3, 0.4) is 0 Å². The van der Waals surface area contributed by atoms with Crippen molar-refractivity contribution in [3.8, 4) is 11.3 Å². The Labute approximate surface area is 185 Å². The second-order valence-corrected chi connectivity index (χ2v) is 8.90. The standard InChI is InChI=1S/C21H20BrClN4O3/c1-3-13-6-12(4-5-29-13)27-19-14-7-15(22)16(23)8-17(14)30-20(19)18(25-21(27)28)11-9-24-26(2)10-11/h7-10,12-13H,3-6H2,1-2H3. The SMILES string of the molecule is CCC1CC(n2c(=O)nc(-c3cnn(C)c3)c3oc4cc(Cl)c(Br)cc4c32)CCO1. The molecular formula is C21H20BrClN4O3. The van der Waals surface area contributed by atoms with Crippen molar-refractivity contribution in [1.29, 1.82) is 0 Å². The van der Waals surface area contributed by atoms with Crippen molar-refractivity contribution in [2.24, 2.45) is 7.05 Å². The van der Waals surface area contributed by atoms with Crippen LogP contribution in [-0.2, 0) is 11.8 Å². The molecule has 9 heteroatoms. The monoisotopic (exact) mass is 490 g/mol. The summed E-state index contributed by atoms with van der Waals surface area (Å²) in [5, 5.41) is 5.60. The summed E-state index contributed by atoms with van der Waals surface area (Å²) >= 11 is 9.82. The van der Waals surface area contributed by atoms with Gasteiger partial charge in [0.25, 0.3) is 0 Å². The summed E-state index contributed by atoms with van der Waals surface area (Å²) < 4.78 is 16.3. The van der Waals surface area contributed by atoms with Gasteiger partial charge in [0, 0.05) is 47.4 Å². The lowest BCUT2D eigenvalue weighted by molar-refractivity contribution is -0.00709. The summed E-state index contributed by atoms with van der Waals surface area (Å²) in [4.78, 5) is 17.8. The maximum Gasteiger partial charge on any atom is 0.349 e. The maximum absolute atomic E-state index is 13.3. The van der Waals surface area contributed by atoms with E-state index in [2.05, 4.69) is 32.9 Å². The molecule has 1 aliphatic rings. The van der Waals surface area contributed by atoms with E-state index in [0.717, 1.165) is 40.2 Å². The fourth-order valence-corrected chi connectivity index (χ4v) is 4.73. The van der Waals surface area contributed by atoms with Gasteiger partial charge < -0.3 is 9.15 Å². The molecule has 4 heterocycles. The number of ether oxygens (including phenoxy) is 1. The van der Waals surface area contributed by atoms with Crippen LogP contribution in [0.1, 0.15) is 32.2 Å². The summed E-state index contributed by atoms with van der Waals surface area (Å²) in [5.74, 6) is 0. The largest absolute Gasteiger partial charge is 0.452 e. The van der Waals surface area contributed by atoms with Crippen molar-refractivity contribution < 1.29 is 9.15 Å². The molecule has 0 spiro atoms. The number of fused-ring (bicyclic) bond motifs is 3. The Hall–Kier alpha value is -2.16. The Morgan fingerprint density at radius 1 is 1.37 bits per heavy atom. The van der Waals surface area contributed by atoms with Crippen LogP contribution in [-0.4, -0.2) is 32.0 Å². The molecule has 0 N–H and O–H groups in total. The molecule has 1 fully saturated rings. The molecule has 0 radical (unpaired) electrons. The molecule has 0 aliphatic carbocycles. The summed E-state index contributed by atoms with van der Waals surface area (Å²) in [5.41, 5.74) is 2.84. The van der Waals surface area contributed by atoms with Crippen LogP contribution in [0.4, 0.5) is 0 Å². The predicted molar refractivity (Wildman–Crippen MR) is 119 cm³/mol. The van der Waals surface area contributed by atoms with Gasteiger partial charge in [0.1, 0.15) is 16.8 Å². The number of benzene rings is 1. The lowest BCUT2D eigenvalue weighted by Gasteiger charge is -2.30. The first-order valence-corrected chi connectivity index (χ1v) is 11.1. The quantitative estimate of drug-likeness (QED) is 0.399. The van der Waals surface area contributed by atoms with Crippen molar-refractivity contribution >= 4 is 49.6 Å². The molecule has 2 unspecified atom stereocenters. The van der Waals surface area contributed by atoms with Crippen LogP contribution in [0.5, 0.6) is 0 Å². The average Bonchev–Trinajstić information content (AvgIpc) is 3.32. The lowest BCUT2D eigenvalue weighted by atomic mass is 10.0. The third kappa shape index (κ3) is 3.18. The summed E-state index contributed by atoms with van der Waals surface area (Å²) in [7, 11) is 1.82. The van der Waals surface area contributed by atoms with Crippen molar-refractivity contribution in [1.82, 2.24) is 19.3 Å². The van der Waals surface area contributed by atoms with E-state index >= 15 is 0 Å². The van der Waals surface area contributed by atoms with Gasteiger partial charge >= 0.3 is 5.69 Å². The van der Waals surface area contributed by atoms with Crippen molar-refractivity contribution in [2.45, 2.75) is 38.3 Å². The average molecular weight is 492 g/mol. The third-order valence-corrected chi connectivity index (χ3v) is 6.91. The second-order valence-electron chi connectivity index (χ2n) is 7.64. The highest BCUT2D eigenvalue weighted by atomic mass is 79.9. The highest BCUT2D eigenvalue weighted by Gasteiger charge is 2.29. The predicted octanol–water partition coefficient (Wildman–Crippen LogP) is 5.09. The van der Waals surface area contributed by atoms with Crippen molar-refractivity contribution in [2.75, 3.05) is 6.61 Å². The highest BCUT2D eigenvalue weighted by molar-refractivity contribution is 9.10. The molecule has 156 valence electrons. The molecule has 3 aromatic heterocycles. The number of hydrogen-bond donors (Lipinski definition) is 0. The van der Waals surface area contributed by atoms with Crippen LogP contribution >= 0.6 is 27.5 Å². The van der Waals surface area contributed by atoms with E-state index in [1.165, 1.54) is 0 Å². The molecule has 0 amide bonds. The molecule has 1 aliphatic heterocycles. The van der Waals surface area contributed by atoms with Gasteiger partial charge in [-0.3, -0.25) is 9.25 Å². The van der Waals surface area contributed by atoms with Crippen LogP contribution < -0.4 is 5.69 Å². The van der Waals surface area contributed by atoms with Crippen LogP contribution in [0.15, 0.2) is 38.2 Å². The number of nitrogens with zero attached hydrogens (tertiary/aromatic N) is 4. The topological polar surface area (TPSA) is 75.1 Å². The molecule has 30 heavy (non-hydrogen) atoms. The van der Waals surface area contributed by atoms with E-state index < -0.39 is 0 Å². The van der Waals surface area contributed by atoms with Gasteiger partial charge in [0.05, 0.1) is 17.3 Å². The fraction of sp³-hybridized carbons (Fsp3) is 0.381. The van der Waals surface area contributed by atoms with E-state index in [4.69, 9.17) is 20.8 Å². The zero-order valence-corrected chi connectivity index (χ0v) is 18.9. The Balaban J connectivity index is 1.85. The van der Waals surface area contributed by atoms with Gasteiger partial charge in [-0.15, -0.1) is 0 Å². The molecule has 0 bridgehead atoms. The van der Waals surface area contributed by atoms with Crippen LogP contribution in [0, 0.1) is 0 Å². The Bertz CT molecular complexity index is 1330. The van der Waals surface area contributed by atoms with Gasteiger partial charge in [0.15, 0.2) is 5.58 Å². The number of hydrogen-bond acceptors (Lipinski definition) is 5. The van der Waals surface area contributed by atoms with Gasteiger partial charge in [0.2, 0.25) is 0 Å². The van der Waals surface area contributed by atoms with Crippen molar-refractivity contribution in [3.05, 3.63) is 44.5 Å². The number of rotatable bonds is 3. The van der Waals surface area contributed by atoms with E-state index in [1.54, 1.807) is 21.5 Å². The molecule has 7 nitrogen and oxygen atoms in total. The first-order valence-electron chi connectivity index (χ1n) is 9.90. The second kappa shape index (κ2) is 7.51. The molecule has 5 rings (SSSR count). The van der Waals surface area contributed by atoms with Gasteiger partial charge in [-0.25, -0.2) is 4.79 Å². The molecule has 0 saturated carbocycles. The Kier molecular flexibility index (Phi) is 4.95. The third-order valence-electron chi connectivity index (χ3n) is 5.71. The number of aryl methyl sites for hydroxylation is 1. The minimum atomic E-state index is -0.295. The molecule has 2 atom stereocenters. The normalized spacial score (nSPS) is 19.7. The molecule has 4 aromatic rings. The number of furan rings is 1. The van der Waals surface area contributed by atoms with Gasteiger partial charge in [-0.1, -0.05) is 18.5 Å². The van der Waals surface area contributed by atoms with Crippen LogP contribution in [0.25, 0.3) is 33.3 Å².